The summed E-state index contributed by atoms with van der Waals surface area (Å²) in [6, 6.07) is 6.37. The first-order chi connectivity index (χ1) is 17.7. The van der Waals surface area contributed by atoms with Crippen LogP contribution < -0.4 is 10.5 Å². The molecule has 2 aliphatic rings. The Morgan fingerprint density at radius 2 is 1.68 bits per heavy atom. The van der Waals surface area contributed by atoms with Gasteiger partial charge in [-0.25, -0.2) is 9.37 Å². The fraction of sp³-hybridized carbons (Fsp3) is 0.481. The molecule has 196 valence electrons. The highest BCUT2D eigenvalue weighted by Crippen LogP contribution is 2.29. The van der Waals surface area contributed by atoms with Gasteiger partial charge in [0.1, 0.15) is 17.2 Å². The first kappa shape index (κ1) is 25.4. The van der Waals surface area contributed by atoms with Gasteiger partial charge >= 0.3 is 0 Å². The summed E-state index contributed by atoms with van der Waals surface area (Å²) in [5.41, 5.74) is 1.26. The van der Waals surface area contributed by atoms with E-state index in [4.69, 9.17) is 0 Å². The number of thiophene rings is 1. The van der Waals surface area contributed by atoms with E-state index in [1.165, 1.54) is 34.4 Å². The maximum atomic E-state index is 13.4. The number of fused-ring (bicyclic) bond motifs is 1. The summed E-state index contributed by atoms with van der Waals surface area (Å²) < 4.78 is 14.6. The molecule has 37 heavy (non-hydrogen) atoms. The van der Waals surface area contributed by atoms with Crippen molar-refractivity contribution in [3.05, 3.63) is 57.2 Å². The number of carbonyl (C=O) groups is 2. The van der Waals surface area contributed by atoms with Crippen LogP contribution in [0.15, 0.2) is 35.4 Å². The number of rotatable bonds is 4. The summed E-state index contributed by atoms with van der Waals surface area (Å²) in [7, 11) is 0. The quantitative estimate of drug-likeness (QED) is 0.522. The van der Waals surface area contributed by atoms with Crippen LogP contribution in [0.2, 0.25) is 0 Å². The molecule has 0 aliphatic carbocycles. The summed E-state index contributed by atoms with van der Waals surface area (Å²) >= 11 is 1.23. The number of carbonyl (C=O) groups excluding carboxylic acids is 2. The van der Waals surface area contributed by atoms with Gasteiger partial charge in [-0.1, -0.05) is 13.8 Å². The molecule has 8 nitrogen and oxygen atoms in total. The van der Waals surface area contributed by atoms with Gasteiger partial charge < -0.3 is 14.7 Å². The van der Waals surface area contributed by atoms with Crippen LogP contribution in [0.25, 0.3) is 10.2 Å². The Balaban J connectivity index is 1.31. The second-order valence-corrected chi connectivity index (χ2v) is 11.4. The van der Waals surface area contributed by atoms with Crippen LogP contribution >= 0.6 is 11.3 Å². The number of hydrogen-bond donors (Lipinski definition) is 0. The van der Waals surface area contributed by atoms with Gasteiger partial charge in [-0.05, 0) is 55.0 Å². The van der Waals surface area contributed by atoms with Crippen molar-refractivity contribution >= 4 is 39.1 Å². The average Bonchev–Trinajstić information content (AvgIpc) is 3.22. The lowest BCUT2D eigenvalue weighted by atomic mass is 9.92. The second-order valence-electron chi connectivity index (χ2n) is 10.4. The maximum Gasteiger partial charge on any atom is 0.264 e. The number of piperazine rings is 1. The van der Waals surface area contributed by atoms with Gasteiger partial charge in [-0.2, -0.15) is 0 Å². The topological polar surface area (TPSA) is 78.8 Å². The Morgan fingerprint density at radius 1 is 1.03 bits per heavy atom. The molecule has 2 fully saturated rings. The van der Waals surface area contributed by atoms with Crippen LogP contribution in [0, 0.1) is 24.6 Å². The number of anilines is 1. The summed E-state index contributed by atoms with van der Waals surface area (Å²) in [6.07, 6.45) is 2.52. The highest BCUT2D eigenvalue weighted by atomic mass is 32.1. The molecule has 0 saturated carbocycles. The predicted molar refractivity (Wildman–Crippen MR) is 143 cm³/mol. The lowest BCUT2D eigenvalue weighted by Crippen LogP contribution is -2.48. The molecule has 3 aromatic rings. The number of benzene rings is 1. The van der Waals surface area contributed by atoms with Crippen molar-refractivity contribution in [1.29, 1.82) is 0 Å². The summed E-state index contributed by atoms with van der Waals surface area (Å²) in [5, 5.41) is 0.411. The Labute approximate surface area is 219 Å². The fourth-order valence-electron chi connectivity index (χ4n) is 5.55. The van der Waals surface area contributed by atoms with Crippen LogP contribution in [0.1, 0.15) is 35.5 Å². The third-order valence-electron chi connectivity index (χ3n) is 7.40. The molecule has 0 spiro atoms. The molecule has 4 heterocycles. The molecule has 2 amide bonds. The molecule has 0 bridgehead atoms. The third kappa shape index (κ3) is 5.12. The fourth-order valence-corrected chi connectivity index (χ4v) is 6.66. The molecule has 0 N–H and O–H groups in total. The van der Waals surface area contributed by atoms with Crippen LogP contribution in [0.4, 0.5) is 10.1 Å². The number of piperidine rings is 1. The number of aromatic nitrogens is 2. The lowest BCUT2D eigenvalue weighted by Gasteiger charge is -2.36. The molecule has 0 unspecified atom stereocenters. The average molecular weight is 526 g/mol. The van der Waals surface area contributed by atoms with E-state index in [9.17, 15) is 18.8 Å². The highest BCUT2D eigenvalue weighted by molar-refractivity contribution is 7.20. The first-order valence-electron chi connectivity index (χ1n) is 12.8. The van der Waals surface area contributed by atoms with Crippen LogP contribution in [-0.4, -0.2) is 70.4 Å². The first-order valence-corrected chi connectivity index (χ1v) is 13.6. The standard InChI is InChI=1S/C27H32FN5O3S/c1-17-12-18(2)14-32(13-17)22(34)15-33-16-29-25-23(26(33)35)19(3)24(37-25)27(36)31-10-8-30(9-11-31)21-6-4-20(28)5-7-21/h4-7,16-18H,8-15H2,1-3H3/t17-,18-/m0/s1. The molecular weight excluding hydrogens is 493 g/mol. The van der Waals surface area contributed by atoms with Gasteiger partial charge in [0, 0.05) is 45.0 Å². The minimum Gasteiger partial charge on any atom is -0.368 e. The zero-order valence-electron chi connectivity index (χ0n) is 21.4. The smallest absolute Gasteiger partial charge is 0.264 e. The van der Waals surface area contributed by atoms with E-state index in [1.807, 2.05) is 4.90 Å². The number of halogens is 1. The Morgan fingerprint density at radius 3 is 2.32 bits per heavy atom. The predicted octanol–water partition coefficient (Wildman–Crippen LogP) is 3.37. The normalized spacial score (nSPS) is 20.5. The van der Waals surface area contributed by atoms with E-state index in [-0.39, 0.29) is 29.7 Å². The molecular formula is C27H32FN5O3S. The van der Waals surface area contributed by atoms with E-state index < -0.39 is 0 Å². The van der Waals surface area contributed by atoms with Crippen molar-refractivity contribution < 1.29 is 14.0 Å². The second kappa shape index (κ2) is 10.2. The molecule has 2 aliphatic heterocycles. The molecule has 2 atom stereocenters. The lowest BCUT2D eigenvalue weighted by molar-refractivity contribution is -0.134. The monoisotopic (exact) mass is 525 g/mol. The van der Waals surface area contributed by atoms with Crippen molar-refractivity contribution in [2.24, 2.45) is 11.8 Å². The van der Waals surface area contributed by atoms with E-state index in [0.717, 1.165) is 12.1 Å². The minimum atomic E-state index is -0.287. The molecule has 10 heteroatoms. The van der Waals surface area contributed by atoms with Crippen LogP contribution in [-0.2, 0) is 11.3 Å². The zero-order valence-corrected chi connectivity index (χ0v) is 22.3. The molecule has 0 radical (unpaired) electrons. The van der Waals surface area contributed by atoms with Gasteiger partial charge in [0.05, 0.1) is 16.6 Å². The van der Waals surface area contributed by atoms with Crippen LogP contribution in [0.3, 0.4) is 0 Å². The number of aryl methyl sites for hydroxylation is 1. The van der Waals surface area contributed by atoms with Gasteiger partial charge in [-0.15, -0.1) is 11.3 Å². The molecule has 2 aromatic heterocycles. The minimum absolute atomic E-state index is 0.0505. The third-order valence-corrected chi connectivity index (χ3v) is 8.59. The van der Waals surface area contributed by atoms with E-state index in [0.29, 0.717) is 71.8 Å². The van der Waals surface area contributed by atoms with Gasteiger partial charge in [0.2, 0.25) is 5.91 Å². The summed E-state index contributed by atoms with van der Waals surface area (Å²) in [4.78, 5) is 50.9. The Bertz CT molecular complexity index is 1370. The Kier molecular flexibility index (Phi) is 7.02. The SMILES string of the molecule is Cc1c(C(=O)N2CCN(c3ccc(F)cc3)CC2)sc2ncn(CC(=O)N3C[C@@H](C)C[C@H](C)C3)c(=O)c12. The number of amides is 2. The summed E-state index contributed by atoms with van der Waals surface area (Å²) in [5.74, 6) is 0.415. The number of likely N-dealkylation sites (tertiary alicyclic amines) is 1. The Hall–Kier alpha value is -3.27. The van der Waals surface area contributed by atoms with Crippen LogP contribution in [0.5, 0.6) is 0 Å². The maximum absolute atomic E-state index is 13.4. The van der Waals surface area contributed by atoms with Crippen molar-refractivity contribution in [2.75, 3.05) is 44.2 Å². The number of nitrogens with zero attached hydrogens (tertiary/aromatic N) is 5. The molecule has 2 saturated heterocycles. The highest BCUT2D eigenvalue weighted by Gasteiger charge is 2.28. The molecule has 1 aromatic carbocycles. The summed E-state index contributed by atoms with van der Waals surface area (Å²) in [6.45, 7) is 9.78. The van der Waals surface area contributed by atoms with Crippen molar-refractivity contribution in [3.63, 3.8) is 0 Å². The van der Waals surface area contributed by atoms with E-state index in [2.05, 4.69) is 23.7 Å². The van der Waals surface area contributed by atoms with E-state index >= 15 is 0 Å². The van der Waals surface area contributed by atoms with E-state index in [1.54, 1.807) is 24.0 Å². The van der Waals surface area contributed by atoms with Gasteiger partial charge in [0.25, 0.3) is 11.5 Å². The van der Waals surface area contributed by atoms with Gasteiger partial charge in [0.15, 0.2) is 0 Å². The largest absolute Gasteiger partial charge is 0.368 e. The number of hydrogen-bond acceptors (Lipinski definition) is 6. The van der Waals surface area contributed by atoms with Gasteiger partial charge in [-0.3, -0.25) is 19.0 Å². The van der Waals surface area contributed by atoms with Crippen molar-refractivity contribution in [2.45, 2.75) is 33.7 Å². The molecule has 5 rings (SSSR count). The van der Waals surface area contributed by atoms with Crippen molar-refractivity contribution in [1.82, 2.24) is 19.4 Å². The van der Waals surface area contributed by atoms with Crippen molar-refractivity contribution in [3.8, 4) is 0 Å². The zero-order chi connectivity index (χ0) is 26.3.